The molecule has 17 nitrogen and oxygen atoms in total. The second-order valence-corrected chi connectivity index (χ2v) is 9.30. The maximum atomic E-state index is 13.2. The van der Waals surface area contributed by atoms with Crippen molar-refractivity contribution in [3.05, 3.63) is 39.4 Å². The standard InChI is InChI=1S/C22H22O14.C4H12N2O/c1-5-2-6(24)10(22(34)35)11-9(5)16(29)13-12(17(11)30)18(31)20(33)21(19(13)32)36-4-8(26)15(28)14(27)7(25)3-23;5-1-2-6-3-4-7/h2,7-8,14-15,23-28,31-33H,3-4H2,1H3,(H,34,35);6-7H,1-5H2. The third-order valence-corrected chi connectivity index (χ3v) is 6.34. The van der Waals surface area contributed by atoms with Gasteiger partial charge in [0, 0.05) is 25.2 Å². The summed E-state index contributed by atoms with van der Waals surface area (Å²) in [6.07, 6.45) is -7.92. The Bertz CT molecular complexity index is 1360. The van der Waals surface area contributed by atoms with E-state index in [1.807, 2.05) is 0 Å². The van der Waals surface area contributed by atoms with Crippen LogP contribution in [0.4, 0.5) is 0 Å². The van der Waals surface area contributed by atoms with E-state index in [0.717, 1.165) is 12.6 Å². The van der Waals surface area contributed by atoms with Crippen LogP contribution in [0.2, 0.25) is 0 Å². The van der Waals surface area contributed by atoms with Crippen LogP contribution in [0.3, 0.4) is 0 Å². The molecule has 3 rings (SSSR count). The van der Waals surface area contributed by atoms with Crippen LogP contribution < -0.4 is 15.8 Å². The molecule has 0 radical (unpaired) electrons. The van der Waals surface area contributed by atoms with Gasteiger partial charge in [-0.2, -0.15) is 0 Å². The average Bonchev–Trinajstić information content (AvgIpc) is 2.96. The van der Waals surface area contributed by atoms with E-state index in [0.29, 0.717) is 13.1 Å². The van der Waals surface area contributed by atoms with Gasteiger partial charge in [-0.3, -0.25) is 9.59 Å². The number of aromatic carboxylic acids is 1. The van der Waals surface area contributed by atoms with Crippen molar-refractivity contribution in [3.63, 3.8) is 0 Å². The minimum absolute atomic E-state index is 0.0408. The number of ketones is 2. The summed E-state index contributed by atoms with van der Waals surface area (Å²) in [4.78, 5) is 38.0. The Morgan fingerprint density at radius 3 is 1.95 bits per heavy atom. The first kappa shape index (κ1) is 35.1. The van der Waals surface area contributed by atoms with E-state index in [4.69, 9.17) is 20.7 Å². The first-order valence-electron chi connectivity index (χ1n) is 12.6. The quantitative estimate of drug-likeness (QED) is 0.0538. The van der Waals surface area contributed by atoms with Gasteiger partial charge in [0.05, 0.1) is 29.9 Å². The number of fused-ring (bicyclic) bond motifs is 2. The topological polar surface area (TPSA) is 321 Å². The van der Waals surface area contributed by atoms with Crippen LogP contribution >= 0.6 is 0 Å². The zero-order valence-electron chi connectivity index (χ0n) is 22.8. The lowest BCUT2D eigenvalue weighted by Gasteiger charge is -2.27. The number of aromatic hydroxyl groups is 4. The largest absolute Gasteiger partial charge is 0.507 e. The SMILES string of the molecule is Cc1cc(O)c(C(=O)O)c2c1C(=O)c1c(O)c(OCC(O)C(O)C(O)C(O)CO)c(O)c(O)c1C2=O.NCCNCCO. The van der Waals surface area contributed by atoms with Crippen molar-refractivity contribution in [1.29, 1.82) is 0 Å². The molecule has 14 N–H and O–H groups in total. The highest BCUT2D eigenvalue weighted by molar-refractivity contribution is 6.33. The Labute approximate surface area is 243 Å². The van der Waals surface area contributed by atoms with E-state index < -0.39 is 112 Å². The molecule has 0 bridgehead atoms. The van der Waals surface area contributed by atoms with Crippen LogP contribution in [0.15, 0.2) is 6.07 Å². The number of benzene rings is 2. The van der Waals surface area contributed by atoms with Crippen molar-refractivity contribution < 1.29 is 75.3 Å². The summed E-state index contributed by atoms with van der Waals surface area (Å²) in [6, 6.07) is 0.914. The van der Waals surface area contributed by atoms with Gasteiger partial charge in [0.15, 0.2) is 23.1 Å². The molecule has 43 heavy (non-hydrogen) atoms. The predicted molar refractivity (Wildman–Crippen MR) is 144 cm³/mol. The molecule has 0 saturated carbocycles. The summed E-state index contributed by atoms with van der Waals surface area (Å²) in [7, 11) is 0. The highest BCUT2D eigenvalue weighted by Gasteiger charge is 2.42. The zero-order valence-corrected chi connectivity index (χ0v) is 22.8. The van der Waals surface area contributed by atoms with Gasteiger partial charge in [-0.05, 0) is 18.6 Å². The summed E-state index contributed by atoms with van der Waals surface area (Å²) in [5, 5.41) is 110. The molecule has 4 atom stereocenters. The maximum Gasteiger partial charge on any atom is 0.340 e. The first-order chi connectivity index (χ1) is 20.2. The van der Waals surface area contributed by atoms with E-state index in [9.17, 15) is 60.3 Å². The molecule has 0 spiro atoms. The van der Waals surface area contributed by atoms with Crippen molar-refractivity contribution in [2.24, 2.45) is 5.73 Å². The molecule has 2 aromatic rings. The number of carboxylic acids is 1. The van der Waals surface area contributed by atoms with Crippen molar-refractivity contribution in [1.82, 2.24) is 5.32 Å². The second-order valence-electron chi connectivity index (χ2n) is 9.30. The maximum absolute atomic E-state index is 13.2. The Hall–Kier alpha value is -4.07. The number of carboxylic acid groups (broad SMARTS) is 1. The highest BCUT2D eigenvalue weighted by atomic mass is 16.5. The van der Waals surface area contributed by atoms with Gasteiger partial charge in [-0.1, -0.05) is 0 Å². The third kappa shape index (κ3) is 7.12. The summed E-state index contributed by atoms with van der Waals surface area (Å²) in [6.45, 7) is 1.60. The molecule has 0 aliphatic heterocycles. The molecule has 0 amide bonds. The Morgan fingerprint density at radius 2 is 1.42 bits per heavy atom. The van der Waals surface area contributed by atoms with Crippen molar-refractivity contribution in [2.75, 3.05) is 39.5 Å². The number of ether oxygens (including phenoxy) is 1. The third-order valence-electron chi connectivity index (χ3n) is 6.34. The number of phenolic OH excluding ortho intramolecular Hbond substituents is 3. The van der Waals surface area contributed by atoms with Gasteiger partial charge in [0.1, 0.15) is 42.3 Å². The van der Waals surface area contributed by atoms with E-state index in [-0.39, 0.29) is 12.2 Å². The number of nitrogens with one attached hydrogen (secondary N) is 1. The van der Waals surface area contributed by atoms with E-state index >= 15 is 0 Å². The zero-order chi connectivity index (χ0) is 32.8. The smallest absolute Gasteiger partial charge is 0.340 e. The molecule has 0 heterocycles. The van der Waals surface area contributed by atoms with Gasteiger partial charge in [0.2, 0.25) is 11.5 Å². The van der Waals surface area contributed by atoms with Crippen LogP contribution in [0.5, 0.6) is 28.7 Å². The molecule has 2 aromatic carbocycles. The van der Waals surface area contributed by atoms with Crippen molar-refractivity contribution in [2.45, 2.75) is 31.3 Å². The predicted octanol–water partition coefficient (Wildman–Crippen LogP) is -3.37. The van der Waals surface area contributed by atoms with Crippen LogP contribution in [-0.4, -0.2) is 138 Å². The molecule has 238 valence electrons. The van der Waals surface area contributed by atoms with Gasteiger partial charge in [-0.25, -0.2) is 4.79 Å². The number of phenols is 4. The van der Waals surface area contributed by atoms with Crippen LogP contribution in [-0.2, 0) is 0 Å². The van der Waals surface area contributed by atoms with Crippen LogP contribution in [0, 0.1) is 6.92 Å². The number of aliphatic hydroxyl groups is 6. The van der Waals surface area contributed by atoms with Crippen LogP contribution in [0.25, 0.3) is 0 Å². The Kier molecular flexibility index (Phi) is 12.2. The van der Waals surface area contributed by atoms with E-state index in [1.54, 1.807) is 0 Å². The molecular formula is C26H34N2O15. The van der Waals surface area contributed by atoms with Crippen molar-refractivity contribution in [3.8, 4) is 28.7 Å². The Balaban J connectivity index is 0.000000821. The molecule has 0 saturated heterocycles. The summed E-state index contributed by atoms with van der Waals surface area (Å²) < 4.78 is 5.02. The summed E-state index contributed by atoms with van der Waals surface area (Å²) in [5.74, 6) is -9.81. The molecule has 4 unspecified atom stereocenters. The van der Waals surface area contributed by atoms with Gasteiger partial charge < -0.3 is 72.0 Å². The lowest BCUT2D eigenvalue weighted by atomic mass is 9.78. The minimum atomic E-state index is -2.08. The Morgan fingerprint density at radius 1 is 0.860 bits per heavy atom. The number of carbonyl (C=O) groups excluding carboxylic acids is 2. The monoisotopic (exact) mass is 614 g/mol. The number of nitrogens with two attached hydrogens (primary N) is 1. The van der Waals surface area contributed by atoms with Gasteiger partial charge >= 0.3 is 5.97 Å². The fourth-order valence-electron chi connectivity index (χ4n) is 4.19. The van der Waals surface area contributed by atoms with Gasteiger partial charge in [-0.15, -0.1) is 0 Å². The lowest BCUT2D eigenvalue weighted by molar-refractivity contribution is -0.121. The number of hydrogen-bond acceptors (Lipinski definition) is 16. The first-order valence-corrected chi connectivity index (χ1v) is 12.6. The normalized spacial score (nSPS) is 15.0. The number of aryl methyl sites for hydroxylation is 1. The number of carbonyl (C=O) groups is 3. The second kappa shape index (κ2) is 14.9. The molecule has 1 aliphatic rings. The van der Waals surface area contributed by atoms with Crippen LogP contribution in [0.1, 0.15) is 47.8 Å². The molecule has 1 aliphatic carbocycles. The molecular weight excluding hydrogens is 580 g/mol. The molecule has 17 heteroatoms. The van der Waals surface area contributed by atoms with Gasteiger partial charge in [0.25, 0.3) is 0 Å². The fraction of sp³-hybridized carbons (Fsp3) is 0.423. The number of rotatable bonds is 12. The number of hydrogen-bond donors (Lipinski definition) is 13. The molecule has 0 aromatic heterocycles. The van der Waals surface area contributed by atoms with Crippen molar-refractivity contribution >= 4 is 17.5 Å². The average molecular weight is 615 g/mol. The summed E-state index contributed by atoms with van der Waals surface area (Å²) >= 11 is 0. The summed E-state index contributed by atoms with van der Waals surface area (Å²) in [5.41, 5.74) is 1.05. The van der Waals surface area contributed by atoms with E-state index in [2.05, 4.69) is 5.32 Å². The minimum Gasteiger partial charge on any atom is -0.507 e. The molecule has 0 fully saturated rings. The highest BCUT2D eigenvalue weighted by Crippen LogP contribution is 2.52. The fourth-order valence-corrected chi connectivity index (χ4v) is 4.19. The lowest BCUT2D eigenvalue weighted by Crippen LogP contribution is -2.47. The van der Waals surface area contributed by atoms with E-state index in [1.165, 1.54) is 6.92 Å². The number of aliphatic hydroxyl groups excluding tert-OH is 6.